The summed E-state index contributed by atoms with van der Waals surface area (Å²) in [6.07, 6.45) is 3.21. The van der Waals surface area contributed by atoms with Crippen LogP contribution < -0.4 is 4.74 Å². The average Bonchev–Trinajstić information content (AvgIpc) is 3.37. The Kier molecular flexibility index (Phi) is 5.63. The van der Waals surface area contributed by atoms with E-state index in [4.69, 9.17) is 4.74 Å². The number of carbonyl (C=O) groups is 2. The number of carbonyl (C=O) groups excluding carboxylic acids is 2. The predicted octanol–water partition coefficient (Wildman–Crippen LogP) is 4.16. The molecule has 1 aliphatic heterocycles. The number of nitrogens with zero attached hydrogens (tertiary/aromatic N) is 2. The third-order valence-corrected chi connectivity index (χ3v) is 5.75. The van der Waals surface area contributed by atoms with Gasteiger partial charge in [-0.3, -0.25) is 14.6 Å². The Labute approximate surface area is 178 Å². The number of amides is 1. The summed E-state index contributed by atoms with van der Waals surface area (Å²) in [7, 11) is 0. The van der Waals surface area contributed by atoms with Crippen molar-refractivity contribution in [2.24, 2.45) is 0 Å². The van der Waals surface area contributed by atoms with Crippen LogP contribution in [0.4, 0.5) is 0 Å². The fraction of sp³-hybridized carbons (Fsp3) is 0.174. The molecule has 0 spiro atoms. The summed E-state index contributed by atoms with van der Waals surface area (Å²) in [5.74, 6) is -0.972. The van der Waals surface area contributed by atoms with Crippen LogP contribution in [0.1, 0.15) is 29.0 Å². The number of aliphatic hydroxyl groups excluding tert-OH is 1. The molecule has 1 N–H and O–H groups in total. The van der Waals surface area contributed by atoms with Gasteiger partial charge in [-0.05, 0) is 48.2 Å². The minimum Gasteiger partial charge on any atom is -0.507 e. The topological polar surface area (TPSA) is 79.7 Å². The van der Waals surface area contributed by atoms with Gasteiger partial charge in [-0.15, -0.1) is 11.3 Å². The maximum atomic E-state index is 13.0. The summed E-state index contributed by atoms with van der Waals surface area (Å²) in [5.41, 5.74) is 1.20. The standard InChI is InChI=1S/C23H20N2O4S/c1-2-29-17-6-3-5-16(13-17)21(26)19-20(15-8-10-24-11-9-15)25(23(28)22(19)27)14-18-7-4-12-30-18/h3-13,20,26H,2,14H2,1H3/b21-19-. The van der Waals surface area contributed by atoms with Crippen LogP contribution in [0.5, 0.6) is 5.75 Å². The van der Waals surface area contributed by atoms with Gasteiger partial charge >= 0.3 is 0 Å². The number of Topliss-reactive ketones (excluding diaryl/α,β-unsaturated/α-hetero) is 1. The monoisotopic (exact) mass is 420 g/mol. The van der Waals surface area contributed by atoms with Gasteiger partial charge in [0.2, 0.25) is 0 Å². The molecule has 30 heavy (non-hydrogen) atoms. The van der Waals surface area contributed by atoms with Gasteiger partial charge < -0.3 is 14.7 Å². The van der Waals surface area contributed by atoms with E-state index in [1.54, 1.807) is 48.8 Å². The van der Waals surface area contributed by atoms with E-state index < -0.39 is 17.7 Å². The highest BCUT2D eigenvalue weighted by Gasteiger charge is 2.46. The van der Waals surface area contributed by atoms with Gasteiger partial charge in [-0.1, -0.05) is 18.2 Å². The van der Waals surface area contributed by atoms with Gasteiger partial charge in [-0.2, -0.15) is 0 Å². The number of hydrogen-bond acceptors (Lipinski definition) is 6. The minimum atomic E-state index is -0.703. The second-order valence-corrected chi connectivity index (χ2v) is 7.78. The molecule has 152 valence electrons. The molecule has 1 atom stereocenters. The third-order valence-electron chi connectivity index (χ3n) is 4.89. The number of hydrogen-bond donors (Lipinski definition) is 1. The van der Waals surface area contributed by atoms with Gasteiger partial charge in [-0.25, -0.2) is 0 Å². The van der Waals surface area contributed by atoms with E-state index in [9.17, 15) is 14.7 Å². The molecule has 6 nitrogen and oxygen atoms in total. The summed E-state index contributed by atoms with van der Waals surface area (Å²) in [6.45, 7) is 2.63. The first-order chi connectivity index (χ1) is 14.6. The second kappa shape index (κ2) is 8.51. The van der Waals surface area contributed by atoms with Gasteiger partial charge in [0.05, 0.1) is 24.8 Å². The molecule has 0 bridgehead atoms. The van der Waals surface area contributed by atoms with Crippen LogP contribution in [-0.2, 0) is 16.1 Å². The number of ether oxygens (including phenoxy) is 1. The van der Waals surface area contributed by atoms with E-state index >= 15 is 0 Å². The van der Waals surface area contributed by atoms with Crippen LogP contribution in [0.2, 0.25) is 0 Å². The van der Waals surface area contributed by atoms with Gasteiger partial charge in [0.1, 0.15) is 11.5 Å². The first kappa shape index (κ1) is 19.8. The molecule has 7 heteroatoms. The number of rotatable bonds is 6. The zero-order valence-corrected chi connectivity index (χ0v) is 17.1. The lowest BCUT2D eigenvalue weighted by Gasteiger charge is -2.24. The first-order valence-corrected chi connectivity index (χ1v) is 10.4. The fourth-order valence-corrected chi connectivity index (χ4v) is 4.26. The maximum Gasteiger partial charge on any atom is 0.295 e. The molecule has 1 fully saturated rings. The Morgan fingerprint density at radius 2 is 1.97 bits per heavy atom. The summed E-state index contributed by atoms with van der Waals surface area (Å²) in [5, 5.41) is 13.0. The Morgan fingerprint density at radius 3 is 2.67 bits per heavy atom. The number of aromatic nitrogens is 1. The van der Waals surface area contributed by atoms with Crippen LogP contribution >= 0.6 is 11.3 Å². The maximum absolute atomic E-state index is 13.0. The van der Waals surface area contributed by atoms with Crippen molar-refractivity contribution >= 4 is 28.8 Å². The molecule has 1 aliphatic rings. The highest BCUT2D eigenvalue weighted by molar-refractivity contribution is 7.09. The quantitative estimate of drug-likeness (QED) is 0.368. The van der Waals surface area contributed by atoms with Gasteiger partial charge in [0.15, 0.2) is 0 Å². The molecular weight excluding hydrogens is 400 g/mol. The summed E-state index contributed by atoms with van der Waals surface area (Å²) in [6, 6.07) is 13.5. The van der Waals surface area contributed by atoms with Crippen molar-refractivity contribution in [3.05, 3.63) is 87.9 Å². The largest absolute Gasteiger partial charge is 0.507 e. The van der Waals surface area contributed by atoms with Crippen molar-refractivity contribution in [1.29, 1.82) is 0 Å². The molecule has 3 aromatic rings. The molecule has 3 heterocycles. The second-order valence-electron chi connectivity index (χ2n) is 6.75. The van der Waals surface area contributed by atoms with Gasteiger partial charge in [0, 0.05) is 22.8 Å². The molecule has 0 aliphatic carbocycles. The molecule has 1 aromatic carbocycles. The number of ketones is 1. The molecule has 0 saturated carbocycles. The van der Waals surface area contributed by atoms with Crippen molar-refractivity contribution in [3.63, 3.8) is 0 Å². The Morgan fingerprint density at radius 1 is 1.17 bits per heavy atom. The fourth-order valence-electron chi connectivity index (χ4n) is 3.56. The number of likely N-dealkylation sites (tertiary alicyclic amines) is 1. The SMILES string of the molecule is CCOc1cccc(/C(O)=C2/C(=O)C(=O)N(Cc3cccs3)C2c2ccncc2)c1. The van der Waals surface area contributed by atoms with E-state index in [0.717, 1.165) is 4.88 Å². The van der Waals surface area contributed by atoms with Crippen molar-refractivity contribution in [1.82, 2.24) is 9.88 Å². The molecule has 1 amide bonds. The molecule has 1 unspecified atom stereocenters. The van der Waals surface area contributed by atoms with Crippen LogP contribution in [0.3, 0.4) is 0 Å². The van der Waals surface area contributed by atoms with E-state index in [2.05, 4.69) is 4.98 Å². The number of pyridine rings is 1. The highest BCUT2D eigenvalue weighted by Crippen LogP contribution is 2.40. The van der Waals surface area contributed by atoms with Crippen LogP contribution in [0.25, 0.3) is 5.76 Å². The van der Waals surface area contributed by atoms with E-state index in [0.29, 0.717) is 23.5 Å². The van der Waals surface area contributed by atoms with E-state index in [-0.39, 0.29) is 17.9 Å². The molecular formula is C23H20N2O4S. The van der Waals surface area contributed by atoms with Crippen molar-refractivity contribution in [3.8, 4) is 5.75 Å². The van der Waals surface area contributed by atoms with Crippen LogP contribution in [0.15, 0.2) is 71.9 Å². The molecule has 0 radical (unpaired) electrons. The molecule has 4 rings (SSSR count). The predicted molar refractivity (Wildman–Crippen MR) is 114 cm³/mol. The normalized spacial score (nSPS) is 18.0. The third kappa shape index (κ3) is 3.71. The first-order valence-electron chi connectivity index (χ1n) is 9.54. The summed E-state index contributed by atoms with van der Waals surface area (Å²) in [4.78, 5) is 32.4. The highest BCUT2D eigenvalue weighted by atomic mass is 32.1. The van der Waals surface area contributed by atoms with E-state index in [1.807, 2.05) is 24.4 Å². The minimum absolute atomic E-state index is 0.0661. The molecule has 2 aromatic heterocycles. The molecule has 1 saturated heterocycles. The lowest BCUT2D eigenvalue weighted by molar-refractivity contribution is -0.140. The smallest absolute Gasteiger partial charge is 0.295 e. The Hall–Kier alpha value is -3.45. The zero-order valence-electron chi connectivity index (χ0n) is 16.3. The number of aliphatic hydroxyl groups is 1. The Bertz CT molecular complexity index is 1090. The number of benzene rings is 1. The number of thiophene rings is 1. The van der Waals surface area contributed by atoms with Crippen molar-refractivity contribution < 1.29 is 19.4 Å². The van der Waals surface area contributed by atoms with Gasteiger partial charge in [0.25, 0.3) is 11.7 Å². The van der Waals surface area contributed by atoms with Crippen LogP contribution in [0, 0.1) is 0 Å². The summed E-state index contributed by atoms with van der Waals surface area (Å²) < 4.78 is 5.51. The van der Waals surface area contributed by atoms with Crippen molar-refractivity contribution in [2.75, 3.05) is 6.61 Å². The van der Waals surface area contributed by atoms with Crippen LogP contribution in [-0.4, -0.2) is 33.3 Å². The van der Waals surface area contributed by atoms with Crippen molar-refractivity contribution in [2.45, 2.75) is 19.5 Å². The summed E-state index contributed by atoms with van der Waals surface area (Å²) >= 11 is 1.51. The average molecular weight is 420 g/mol. The lowest BCUT2D eigenvalue weighted by Crippen LogP contribution is -2.28. The lowest BCUT2D eigenvalue weighted by atomic mass is 9.96. The zero-order chi connectivity index (χ0) is 21.1. The van der Waals surface area contributed by atoms with E-state index in [1.165, 1.54) is 16.2 Å². The Balaban J connectivity index is 1.84.